The molecule has 0 saturated heterocycles. The molecule has 0 radical (unpaired) electrons. The quantitative estimate of drug-likeness (QED) is 0.405. The highest BCUT2D eigenvalue weighted by Gasteiger charge is 2.11. The molecule has 3 N–H and O–H groups in total. The van der Waals surface area contributed by atoms with Gasteiger partial charge in [-0.2, -0.15) is 0 Å². The molecule has 1 aromatic rings. The summed E-state index contributed by atoms with van der Waals surface area (Å²) in [6.07, 6.45) is 0. The molecule has 76 valence electrons. The second kappa shape index (κ2) is 4.83. The molecule has 0 fully saturated rings. The monoisotopic (exact) mass is 214 g/mol. The van der Waals surface area contributed by atoms with E-state index >= 15 is 0 Å². The van der Waals surface area contributed by atoms with Crippen LogP contribution in [-0.2, 0) is 4.79 Å². The van der Waals surface area contributed by atoms with Crippen molar-refractivity contribution in [2.75, 3.05) is 5.43 Å². The van der Waals surface area contributed by atoms with Crippen molar-refractivity contribution < 1.29 is 9.90 Å². The van der Waals surface area contributed by atoms with Crippen LogP contribution >= 0.6 is 11.6 Å². The highest BCUT2D eigenvalue weighted by molar-refractivity contribution is 6.29. The van der Waals surface area contributed by atoms with Gasteiger partial charge in [0.25, 0.3) is 0 Å². The van der Waals surface area contributed by atoms with Crippen LogP contribution in [0.25, 0.3) is 0 Å². The average Bonchev–Trinajstić information content (AvgIpc) is 2.16. The van der Waals surface area contributed by atoms with E-state index in [2.05, 4.69) is 10.9 Å². The number of hydrogen-bond acceptors (Lipinski definition) is 3. The Labute approximate surface area is 86.9 Å². The van der Waals surface area contributed by atoms with Crippen LogP contribution in [0.5, 0.6) is 0 Å². The molecule has 0 spiro atoms. The molecule has 1 rings (SSSR count). The first-order valence-electron chi connectivity index (χ1n) is 4.04. The summed E-state index contributed by atoms with van der Waals surface area (Å²) < 4.78 is 0. The zero-order valence-electron chi connectivity index (χ0n) is 7.62. The molecule has 0 saturated carbocycles. The highest BCUT2D eigenvalue weighted by atomic mass is 35.5. The van der Waals surface area contributed by atoms with Gasteiger partial charge in [0.1, 0.15) is 0 Å². The number of carbonyl (C=O) groups is 1. The molecule has 1 aromatic carbocycles. The van der Waals surface area contributed by atoms with Crippen molar-refractivity contribution in [2.24, 2.45) is 0 Å². The van der Waals surface area contributed by atoms with Crippen LogP contribution in [0.2, 0.25) is 0 Å². The van der Waals surface area contributed by atoms with E-state index in [4.69, 9.17) is 16.7 Å². The van der Waals surface area contributed by atoms with Gasteiger partial charge in [0.2, 0.25) is 0 Å². The van der Waals surface area contributed by atoms with Crippen LogP contribution < -0.4 is 10.9 Å². The Hall–Kier alpha value is -1.26. The smallest absolute Gasteiger partial charge is 0.337 e. The molecule has 14 heavy (non-hydrogen) atoms. The van der Waals surface area contributed by atoms with Gasteiger partial charge in [0.15, 0.2) is 5.50 Å². The Bertz CT molecular complexity index is 313. The predicted octanol–water partition coefficient (Wildman–Crippen LogP) is 1.56. The lowest BCUT2D eigenvalue weighted by Crippen LogP contribution is -2.35. The lowest BCUT2D eigenvalue weighted by atomic mass is 10.2. The van der Waals surface area contributed by atoms with Gasteiger partial charge in [0, 0.05) is 5.69 Å². The molecule has 0 aliphatic heterocycles. The van der Waals surface area contributed by atoms with Crippen LogP contribution in [0.3, 0.4) is 0 Å². The number of anilines is 1. The van der Waals surface area contributed by atoms with Gasteiger partial charge in [-0.3, -0.25) is 0 Å². The average molecular weight is 215 g/mol. The van der Waals surface area contributed by atoms with Gasteiger partial charge in [-0.15, -0.1) is 0 Å². The Morgan fingerprint density at radius 2 is 2.00 bits per heavy atom. The minimum Gasteiger partial charge on any atom is -0.479 e. The van der Waals surface area contributed by atoms with E-state index in [0.717, 1.165) is 11.3 Å². The molecule has 1 atom stereocenters. The fourth-order valence-electron chi connectivity index (χ4n) is 0.845. The van der Waals surface area contributed by atoms with E-state index < -0.39 is 11.5 Å². The number of carboxylic acid groups (broad SMARTS) is 1. The topological polar surface area (TPSA) is 61.4 Å². The zero-order valence-corrected chi connectivity index (χ0v) is 8.38. The predicted molar refractivity (Wildman–Crippen MR) is 55.2 cm³/mol. The molecule has 0 bridgehead atoms. The highest BCUT2D eigenvalue weighted by Crippen LogP contribution is 2.07. The fourth-order valence-corrected chi connectivity index (χ4v) is 0.900. The molecule has 0 heterocycles. The van der Waals surface area contributed by atoms with Gasteiger partial charge >= 0.3 is 5.97 Å². The third kappa shape index (κ3) is 3.24. The second-order valence-electron chi connectivity index (χ2n) is 2.84. The molecule has 5 heteroatoms. The number of rotatable bonds is 4. The molecule has 0 aliphatic rings. The summed E-state index contributed by atoms with van der Waals surface area (Å²) in [6.45, 7) is 1.97. The minimum atomic E-state index is -1.14. The first-order valence-corrected chi connectivity index (χ1v) is 4.48. The van der Waals surface area contributed by atoms with Crippen molar-refractivity contribution in [3.05, 3.63) is 29.8 Å². The van der Waals surface area contributed by atoms with Crippen molar-refractivity contribution in [3.63, 3.8) is 0 Å². The van der Waals surface area contributed by atoms with Gasteiger partial charge in [-0.25, -0.2) is 10.2 Å². The van der Waals surface area contributed by atoms with Crippen molar-refractivity contribution in [2.45, 2.75) is 12.4 Å². The first kappa shape index (κ1) is 10.8. The number of alkyl halides is 1. The molecule has 0 amide bonds. The minimum absolute atomic E-state index is 0.766. The van der Waals surface area contributed by atoms with Crippen LogP contribution in [-0.4, -0.2) is 16.6 Å². The first-order chi connectivity index (χ1) is 6.59. The second-order valence-corrected chi connectivity index (χ2v) is 3.27. The van der Waals surface area contributed by atoms with E-state index in [9.17, 15) is 4.79 Å². The van der Waals surface area contributed by atoms with Gasteiger partial charge < -0.3 is 10.5 Å². The van der Waals surface area contributed by atoms with E-state index in [0.29, 0.717) is 0 Å². The van der Waals surface area contributed by atoms with E-state index in [1.807, 2.05) is 31.2 Å². The summed E-state index contributed by atoms with van der Waals surface area (Å²) in [7, 11) is 0. The lowest BCUT2D eigenvalue weighted by molar-refractivity contribution is -0.137. The maximum Gasteiger partial charge on any atom is 0.337 e. The molecule has 0 aliphatic carbocycles. The molecule has 4 nitrogen and oxygen atoms in total. The van der Waals surface area contributed by atoms with Crippen LogP contribution in [0, 0.1) is 6.92 Å². The summed E-state index contributed by atoms with van der Waals surface area (Å²) in [5, 5.41) is 8.47. The molecule has 1 unspecified atom stereocenters. The summed E-state index contributed by atoms with van der Waals surface area (Å²) in [4.78, 5) is 10.3. The number of aliphatic carboxylic acids is 1. The lowest BCUT2D eigenvalue weighted by Gasteiger charge is -2.10. The van der Waals surface area contributed by atoms with Crippen molar-refractivity contribution in [1.82, 2.24) is 5.43 Å². The van der Waals surface area contributed by atoms with Crippen LogP contribution in [0.15, 0.2) is 24.3 Å². The number of nitrogens with one attached hydrogen (secondary N) is 2. The van der Waals surface area contributed by atoms with Crippen molar-refractivity contribution >= 4 is 23.3 Å². The summed E-state index contributed by atoms with van der Waals surface area (Å²) in [5.74, 6) is -1.12. The Kier molecular flexibility index (Phi) is 3.73. The largest absolute Gasteiger partial charge is 0.479 e. The Morgan fingerprint density at radius 3 is 2.50 bits per heavy atom. The maximum atomic E-state index is 10.3. The Morgan fingerprint density at radius 1 is 1.43 bits per heavy atom. The number of hydrazine groups is 1. The third-order valence-corrected chi connectivity index (χ3v) is 1.91. The molecular formula is C9H11ClN2O2. The summed E-state index contributed by atoms with van der Waals surface area (Å²) in [6, 6.07) is 7.48. The standard InChI is InChI=1S/C9H11ClN2O2/c1-6-2-4-7(5-3-6)11-12-8(10)9(13)14/h2-5,8,11-12H,1H3,(H,13,14). The molecule has 0 aromatic heterocycles. The van der Waals surface area contributed by atoms with E-state index in [1.165, 1.54) is 0 Å². The van der Waals surface area contributed by atoms with Gasteiger partial charge in [-0.05, 0) is 19.1 Å². The van der Waals surface area contributed by atoms with Crippen molar-refractivity contribution in [3.8, 4) is 0 Å². The molecular weight excluding hydrogens is 204 g/mol. The van der Waals surface area contributed by atoms with Gasteiger partial charge in [-0.1, -0.05) is 29.3 Å². The van der Waals surface area contributed by atoms with Gasteiger partial charge in [0.05, 0.1) is 0 Å². The maximum absolute atomic E-state index is 10.3. The van der Waals surface area contributed by atoms with E-state index in [-0.39, 0.29) is 0 Å². The zero-order chi connectivity index (χ0) is 10.6. The summed E-state index contributed by atoms with van der Waals surface area (Å²) in [5.41, 5.74) is 5.88. The Balaban J connectivity index is 2.46. The van der Waals surface area contributed by atoms with Crippen LogP contribution in [0.4, 0.5) is 5.69 Å². The number of hydrogen-bond donors (Lipinski definition) is 3. The number of aryl methyl sites for hydroxylation is 1. The number of carboxylic acids is 1. The number of halogens is 1. The number of benzene rings is 1. The summed E-state index contributed by atoms with van der Waals surface area (Å²) >= 11 is 5.42. The van der Waals surface area contributed by atoms with Crippen molar-refractivity contribution in [1.29, 1.82) is 0 Å². The van der Waals surface area contributed by atoms with E-state index in [1.54, 1.807) is 0 Å². The normalized spacial score (nSPS) is 12.1. The SMILES string of the molecule is Cc1ccc(NNC(Cl)C(=O)O)cc1. The third-order valence-electron chi connectivity index (χ3n) is 1.61. The van der Waals surface area contributed by atoms with Crippen LogP contribution in [0.1, 0.15) is 5.56 Å². The fraction of sp³-hybridized carbons (Fsp3) is 0.222.